The fraction of sp³-hybridized carbons (Fsp3) is 0.312. The fourth-order valence-corrected chi connectivity index (χ4v) is 2.68. The summed E-state index contributed by atoms with van der Waals surface area (Å²) in [4.78, 5) is 12.6. The second kappa shape index (κ2) is 5.29. The first-order valence-corrected chi connectivity index (χ1v) is 7.33. The van der Waals surface area contributed by atoms with Crippen LogP contribution in [0, 0.1) is 6.92 Å². The second-order valence-electron chi connectivity index (χ2n) is 5.76. The van der Waals surface area contributed by atoms with E-state index in [9.17, 15) is 4.79 Å². The molecule has 0 radical (unpaired) electrons. The Bertz CT molecular complexity index is 621. The molecule has 0 atom stereocenters. The maximum absolute atomic E-state index is 12.1. The molecule has 0 aliphatic rings. The van der Waals surface area contributed by atoms with Crippen LogP contribution in [0.25, 0.3) is 11.1 Å². The highest BCUT2D eigenvalue weighted by atomic mass is 32.1. The fourth-order valence-electron chi connectivity index (χ4n) is 1.81. The smallest absolute Gasteiger partial charge is 0.350 e. The molecule has 0 bridgehead atoms. The molecule has 2 aromatic rings. The van der Waals surface area contributed by atoms with Gasteiger partial charge in [0.25, 0.3) is 0 Å². The van der Waals surface area contributed by atoms with Gasteiger partial charge in [0.2, 0.25) is 0 Å². The number of benzene rings is 1. The molecule has 1 aromatic heterocycles. The van der Waals surface area contributed by atoms with Crippen molar-refractivity contribution in [2.45, 2.75) is 33.3 Å². The molecule has 0 unspecified atom stereocenters. The normalized spacial score (nSPS) is 11.4. The van der Waals surface area contributed by atoms with E-state index in [0.717, 1.165) is 11.1 Å². The van der Waals surface area contributed by atoms with E-state index in [2.05, 4.69) is 0 Å². The molecule has 0 saturated heterocycles. The van der Waals surface area contributed by atoms with E-state index in [-0.39, 0.29) is 5.97 Å². The minimum atomic E-state index is -0.516. The zero-order chi connectivity index (χ0) is 14.9. The van der Waals surface area contributed by atoms with Crippen molar-refractivity contribution in [1.82, 2.24) is 0 Å². The van der Waals surface area contributed by atoms with Gasteiger partial charge in [-0.05, 0) is 33.3 Å². The van der Waals surface area contributed by atoms with Crippen LogP contribution in [0.4, 0.5) is 5.69 Å². The Morgan fingerprint density at radius 1 is 1.20 bits per heavy atom. The van der Waals surface area contributed by atoms with Crippen LogP contribution in [0.1, 0.15) is 36.0 Å². The van der Waals surface area contributed by atoms with Crippen LogP contribution in [-0.4, -0.2) is 11.6 Å². The molecule has 20 heavy (non-hydrogen) atoms. The van der Waals surface area contributed by atoms with Gasteiger partial charge in [0.15, 0.2) is 0 Å². The minimum Gasteiger partial charge on any atom is -0.456 e. The van der Waals surface area contributed by atoms with Crippen LogP contribution >= 0.6 is 11.3 Å². The molecule has 1 heterocycles. The maximum atomic E-state index is 12.1. The van der Waals surface area contributed by atoms with Crippen LogP contribution < -0.4 is 5.73 Å². The Hall–Kier alpha value is -1.81. The van der Waals surface area contributed by atoms with Crippen LogP contribution in [-0.2, 0) is 4.74 Å². The van der Waals surface area contributed by atoms with Gasteiger partial charge < -0.3 is 10.5 Å². The summed E-state index contributed by atoms with van der Waals surface area (Å²) < 4.78 is 5.36. The molecule has 2 N–H and O–H groups in total. The number of aryl methyl sites for hydroxylation is 1. The van der Waals surface area contributed by atoms with Crippen molar-refractivity contribution in [3.63, 3.8) is 0 Å². The SMILES string of the molecule is Cc1ccc(-c2csc(C(=O)OC(C)(C)C)c2N)cc1. The number of hydrogen-bond acceptors (Lipinski definition) is 4. The number of ether oxygens (including phenoxy) is 1. The lowest BCUT2D eigenvalue weighted by Gasteiger charge is -2.19. The molecular weight excluding hydrogens is 270 g/mol. The van der Waals surface area contributed by atoms with Gasteiger partial charge in [-0.15, -0.1) is 11.3 Å². The van der Waals surface area contributed by atoms with Crippen molar-refractivity contribution in [1.29, 1.82) is 0 Å². The molecule has 1 aromatic carbocycles. The number of carbonyl (C=O) groups is 1. The Balaban J connectivity index is 2.32. The average molecular weight is 289 g/mol. The number of nitrogen functional groups attached to an aromatic ring is 1. The lowest BCUT2D eigenvalue weighted by molar-refractivity contribution is 0.00764. The standard InChI is InChI=1S/C16H19NO2S/c1-10-5-7-11(8-6-10)12-9-20-14(13(12)17)15(18)19-16(2,3)4/h5-9H,17H2,1-4H3. The van der Waals surface area contributed by atoms with Gasteiger partial charge >= 0.3 is 5.97 Å². The highest BCUT2D eigenvalue weighted by Crippen LogP contribution is 2.35. The van der Waals surface area contributed by atoms with Gasteiger partial charge in [-0.25, -0.2) is 4.79 Å². The summed E-state index contributed by atoms with van der Waals surface area (Å²) in [5, 5.41) is 1.90. The van der Waals surface area contributed by atoms with Gasteiger partial charge in [0, 0.05) is 10.9 Å². The van der Waals surface area contributed by atoms with Crippen molar-refractivity contribution >= 4 is 23.0 Å². The first-order valence-electron chi connectivity index (χ1n) is 6.45. The van der Waals surface area contributed by atoms with E-state index in [1.54, 1.807) is 0 Å². The summed E-state index contributed by atoms with van der Waals surface area (Å²) in [6.07, 6.45) is 0. The third-order valence-corrected chi connectivity index (χ3v) is 3.75. The third kappa shape index (κ3) is 3.20. The quantitative estimate of drug-likeness (QED) is 0.840. The molecule has 0 spiro atoms. The molecule has 0 amide bonds. The van der Waals surface area contributed by atoms with Crippen molar-refractivity contribution in [2.75, 3.05) is 5.73 Å². The van der Waals surface area contributed by atoms with Crippen LogP contribution in [0.2, 0.25) is 0 Å². The predicted molar refractivity (Wildman–Crippen MR) is 84.1 cm³/mol. The number of rotatable bonds is 2. The van der Waals surface area contributed by atoms with Gasteiger partial charge in [-0.3, -0.25) is 0 Å². The molecule has 0 aliphatic carbocycles. The number of anilines is 1. The lowest BCUT2D eigenvalue weighted by Crippen LogP contribution is -2.23. The third-order valence-electron chi connectivity index (χ3n) is 2.78. The van der Waals surface area contributed by atoms with Crippen molar-refractivity contribution in [3.8, 4) is 11.1 Å². The number of hydrogen-bond donors (Lipinski definition) is 1. The van der Waals surface area contributed by atoms with E-state index < -0.39 is 5.60 Å². The predicted octanol–water partition coefficient (Wildman–Crippen LogP) is 4.26. The molecule has 0 aliphatic heterocycles. The molecule has 0 fully saturated rings. The Morgan fingerprint density at radius 3 is 2.35 bits per heavy atom. The van der Waals surface area contributed by atoms with E-state index in [1.165, 1.54) is 16.9 Å². The van der Waals surface area contributed by atoms with E-state index in [1.807, 2.05) is 57.3 Å². The van der Waals surface area contributed by atoms with Gasteiger partial charge in [0.05, 0.1) is 5.69 Å². The van der Waals surface area contributed by atoms with Gasteiger partial charge in [-0.2, -0.15) is 0 Å². The highest BCUT2D eigenvalue weighted by Gasteiger charge is 2.23. The summed E-state index contributed by atoms with van der Waals surface area (Å²) in [6, 6.07) is 8.07. The monoisotopic (exact) mass is 289 g/mol. The summed E-state index contributed by atoms with van der Waals surface area (Å²) in [5.74, 6) is -0.363. The Morgan fingerprint density at radius 2 is 1.80 bits per heavy atom. The lowest BCUT2D eigenvalue weighted by atomic mass is 10.1. The van der Waals surface area contributed by atoms with Crippen LogP contribution in [0.5, 0.6) is 0 Å². The van der Waals surface area contributed by atoms with Crippen molar-refractivity contribution < 1.29 is 9.53 Å². The number of carbonyl (C=O) groups excluding carboxylic acids is 1. The highest BCUT2D eigenvalue weighted by molar-refractivity contribution is 7.13. The summed E-state index contributed by atoms with van der Waals surface area (Å²) in [7, 11) is 0. The van der Waals surface area contributed by atoms with E-state index in [0.29, 0.717) is 10.6 Å². The molecular formula is C16H19NO2S. The summed E-state index contributed by atoms with van der Waals surface area (Å²) in [6.45, 7) is 7.56. The number of nitrogens with two attached hydrogens (primary N) is 1. The molecule has 3 nitrogen and oxygen atoms in total. The summed E-state index contributed by atoms with van der Waals surface area (Å²) >= 11 is 1.32. The molecule has 4 heteroatoms. The number of thiophene rings is 1. The first kappa shape index (κ1) is 14.6. The number of esters is 1. The summed E-state index contributed by atoms with van der Waals surface area (Å²) in [5.41, 5.74) is 9.17. The maximum Gasteiger partial charge on any atom is 0.350 e. The first-order chi connectivity index (χ1) is 9.28. The topological polar surface area (TPSA) is 52.3 Å². The van der Waals surface area contributed by atoms with Crippen molar-refractivity contribution in [3.05, 3.63) is 40.1 Å². The van der Waals surface area contributed by atoms with E-state index in [4.69, 9.17) is 10.5 Å². The second-order valence-corrected chi connectivity index (χ2v) is 6.64. The zero-order valence-corrected chi connectivity index (χ0v) is 13.0. The molecule has 0 saturated carbocycles. The van der Waals surface area contributed by atoms with Crippen LogP contribution in [0.15, 0.2) is 29.6 Å². The zero-order valence-electron chi connectivity index (χ0n) is 12.2. The largest absolute Gasteiger partial charge is 0.456 e. The van der Waals surface area contributed by atoms with E-state index >= 15 is 0 Å². The Labute approximate surface area is 123 Å². The van der Waals surface area contributed by atoms with Crippen molar-refractivity contribution in [2.24, 2.45) is 0 Å². The average Bonchev–Trinajstić information content (AvgIpc) is 2.70. The molecule has 106 valence electrons. The minimum absolute atomic E-state index is 0.363. The van der Waals surface area contributed by atoms with Gasteiger partial charge in [0.1, 0.15) is 10.5 Å². The Kier molecular flexibility index (Phi) is 3.86. The van der Waals surface area contributed by atoms with Crippen LogP contribution in [0.3, 0.4) is 0 Å². The molecule has 2 rings (SSSR count). The van der Waals surface area contributed by atoms with Gasteiger partial charge in [-0.1, -0.05) is 29.8 Å².